The van der Waals surface area contributed by atoms with Crippen molar-refractivity contribution in [3.8, 4) is 5.75 Å². The minimum absolute atomic E-state index is 0. The molecule has 1 atom stereocenters. The molecule has 2 N–H and O–H groups in total. The summed E-state index contributed by atoms with van der Waals surface area (Å²) in [5.74, 6) is -1.00. The van der Waals surface area contributed by atoms with E-state index < -0.39 is 28.1 Å². The summed E-state index contributed by atoms with van der Waals surface area (Å²) in [6.45, 7) is 0.123. The number of ether oxygens (including phenoxy) is 1. The van der Waals surface area contributed by atoms with Crippen molar-refractivity contribution in [1.82, 2.24) is 4.90 Å². The van der Waals surface area contributed by atoms with Crippen molar-refractivity contribution in [2.45, 2.75) is 25.4 Å². The first kappa shape index (κ1) is 23.5. The first-order valence-corrected chi connectivity index (χ1v) is 8.96. The first-order valence-electron chi connectivity index (χ1n) is 6.90. The molecule has 0 heterocycles. The number of carbonyl (C=O) groups excluding carboxylic acids is 1. The number of sulfone groups is 1. The predicted molar refractivity (Wildman–Crippen MR) is 89.2 cm³/mol. The zero-order chi connectivity index (χ0) is 18.5. The van der Waals surface area contributed by atoms with E-state index in [1.54, 1.807) is 0 Å². The molecule has 1 rings (SSSR count). The minimum Gasteiger partial charge on any atom is -0.406 e. The lowest BCUT2D eigenvalue weighted by molar-refractivity contribution is -0.274. The molecule has 0 aliphatic rings. The van der Waals surface area contributed by atoms with E-state index in [-0.39, 0.29) is 36.9 Å². The molecule has 11 heteroatoms. The Kier molecular flexibility index (Phi) is 8.69. The molecule has 0 aliphatic carbocycles. The van der Waals surface area contributed by atoms with Crippen molar-refractivity contribution in [3.05, 3.63) is 29.8 Å². The Bertz CT molecular complexity index is 666. The fourth-order valence-electron chi connectivity index (χ4n) is 1.90. The van der Waals surface area contributed by atoms with Crippen LogP contribution in [0.4, 0.5) is 13.2 Å². The molecule has 0 aliphatic heterocycles. The number of amides is 1. The van der Waals surface area contributed by atoms with Crippen molar-refractivity contribution in [2.75, 3.05) is 19.1 Å². The van der Waals surface area contributed by atoms with Crippen molar-refractivity contribution in [3.63, 3.8) is 0 Å². The van der Waals surface area contributed by atoms with Crippen molar-refractivity contribution < 1.29 is 31.1 Å². The third-order valence-corrected chi connectivity index (χ3v) is 4.05. The van der Waals surface area contributed by atoms with Crippen LogP contribution in [0.15, 0.2) is 24.3 Å². The number of nitrogens with zero attached hydrogens (tertiary/aromatic N) is 1. The highest BCUT2D eigenvalue weighted by molar-refractivity contribution is 7.90. The maximum atomic E-state index is 12.1. The summed E-state index contributed by atoms with van der Waals surface area (Å²) < 4.78 is 62.1. The van der Waals surface area contributed by atoms with Crippen LogP contribution in [0.2, 0.25) is 0 Å². The van der Waals surface area contributed by atoms with Gasteiger partial charge in [-0.3, -0.25) is 4.79 Å². The zero-order valence-corrected chi connectivity index (χ0v) is 15.2. The SMILES string of the molecule is CN(Cc1ccc(OC(F)(F)F)cc1)C(=O)C(N)CCS(C)(=O)=O.Cl. The number of benzene rings is 1. The standard InChI is InChI=1S/C14H19F3N2O4S.ClH/c1-19(13(20)12(18)7-8-24(2,21)22)9-10-3-5-11(6-4-10)23-14(15,16)17;/h3-6,12H,7-9,18H2,1-2H3;1H. The number of hydrogen-bond donors (Lipinski definition) is 1. The highest BCUT2D eigenvalue weighted by Gasteiger charge is 2.31. The maximum absolute atomic E-state index is 12.1. The largest absolute Gasteiger partial charge is 0.573 e. The highest BCUT2D eigenvalue weighted by atomic mass is 35.5. The van der Waals surface area contributed by atoms with Crippen LogP contribution < -0.4 is 10.5 Å². The minimum atomic E-state index is -4.76. The molecule has 0 spiro atoms. The summed E-state index contributed by atoms with van der Waals surface area (Å²) in [7, 11) is -1.74. The maximum Gasteiger partial charge on any atom is 0.573 e. The molecule has 0 saturated heterocycles. The molecule has 0 saturated carbocycles. The summed E-state index contributed by atoms with van der Waals surface area (Å²) >= 11 is 0. The predicted octanol–water partition coefficient (Wildman–Crippen LogP) is 1.73. The van der Waals surface area contributed by atoms with Gasteiger partial charge in [-0.1, -0.05) is 12.1 Å². The van der Waals surface area contributed by atoms with Gasteiger partial charge in [0.1, 0.15) is 15.6 Å². The number of likely N-dealkylation sites (N-methyl/N-ethyl adjacent to an activating group) is 1. The molecule has 144 valence electrons. The van der Waals surface area contributed by atoms with Crippen LogP contribution in [0.3, 0.4) is 0 Å². The van der Waals surface area contributed by atoms with E-state index in [4.69, 9.17) is 5.73 Å². The van der Waals surface area contributed by atoms with E-state index in [0.717, 1.165) is 18.4 Å². The van der Waals surface area contributed by atoms with Gasteiger partial charge in [-0.25, -0.2) is 8.42 Å². The molecule has 1 aromatic rings. The average Bonchev–Trinajstić information content (AvgIpc) is 2.43. The molecule has 0 aromatic heterocycles. The third-order valence-electron chi connectivity index (χ3n) is 3.07. The molecule has 25 heavy (non-hydrogen) atoms. The number of halogens is 4. The summed E-state index contributed by atoms with van der Waals surface area (Å²) in [6, 6.07) is 4.12. The lowest BCUT2D eigenvalue weighted by Gasteiger charge is -2.21. The fourth-order valence-corrected chi connectivity index (χ4v) is 2.58. The average molecular weight is 405 g/mol. The van der Waals surface area contributed by atoms with Crippen LogP contribution in [-0.2, 0) is 21.2 Å². The van der Waals surface area contributed by atoms with E-state index in [0.29, 0.717) is 5.56 Å². The van der Waals surface area contributed by atoms with Gasteiger partial charge in [0.15, 0.2) is 0 Å². The quantitative estimate of drug-likeness (QED) is 0.747. The molecule has 0 bridgehead atoms. The molecular formula is C14H20ClF3N2O4S. The van der Waals surface area contributed by atoms with E-state index in [2.05, 4.69) is 4.74 Å². The van der Waals surface area contributed by atoms with Crippen LogP contribution in [0.1, 0.15) is 12.0 Å². The van der Waals surface area contributed by atoms with Crippen LogP contribution in [-0.4, -0.2) is 50.7 Å². The van der Waals surface area contributed by atoms with E-state index >= 15 is 0 Å². The Balaban J connectivity index is 0.00000576. The van der Waals surface area contributed by atoms with E-state index in [9.17, 15) is 26.4 Å². The molecular weight excluding hydrogens is 385 g/mol. The topological polar surface area (TPSA) is 89.7 Å². The Morgan fingerprint density at radius 1 is 1.28 bits per heavy atom. The number of nitrogens with two attached hydrogens (primary N) is 1. The second-order valence-corrected chi connectivity index (χ2v) is 7.67. The summed E-state index contributed by atoms with van der Waals surface area (Å²) in [4.78, 5) is 13.3. The lowest BCUT2D eigenvalue weighted by Crippen LogP contribution is -2.42. The Morgan fingerprint density at radius 3 is 2.24 bits per heavy atom. The third kappa shape index (κ3) is 9.51. The van der Waals surface area contributed by atoms with E-state index in [1.807, 2.05) is 0 Å². The Morgan fingerprint density at radius 2 is 1.80 bits per heavy atom. The summed E-state index contributed by atoms with van der Waals surface area (Å²) in [6.07, 6.45) is -3.71. The molecule has 1 aromatic carbocycles. The number of carbonyl (C=O) groups is 1. The van der Waals surface area contributed by atoms with Gasteiger partial charge in [-0.05, 0) is 24.1 Å². The van der Waals surface area contributed by atoms with Gasteiger partial charge in [0.05, 0.1) is 11.8 Å². The number of rotatable bonds is 7. The second-order valence-electron chi connectivity index (χ2n) is 5.41. The second kappa shape index (κ2) is 9.25. The van der Waals surface area contributed by atoms with Crippen LogP contribution >= 0.6 is 12.4 Å². The van der Waals surface area contributed by atoms with Crippen molar-refractivity contribution >= 4 is 28.2 Å². The van der Waals surface area contributed by atoms with Gasteiger partial charge < -0.3 is 15.4 Å². The van der Waals surface area contributed by atoms with E-state index in [1.165, 1.54) is 24.1 Å². The first-order chi connectivity index (χ1) is 10.9. The zero-order valence-electron chi connectivity index (χ0n) is 13.6. The highest BCUT2D eigenvalue weighted by Crippen LogP contribution is 2.23. The number of alkyl halides is 3. The molecule has 0 fully saturated rings. The van der Waals surface area contributed by atoms with Gasteiger partial charge in [-0.15, -0.1) is 25.6 Å². The molecule has 0 radical (unpaired) electrons. The van der Waals surface area contributed by atoms with Crippen molar-refractivity contribution in [2.24, 2.45) is 5.73 Å². The van der Waals surface area contributed by atoms with Gasteiger partial charge in [0, 0.05) is 19.8 Å². The fraction of sp³-hybridized carbons (Fsp3) is 0.500. The van der Waals surface area contributed by atoms with Crippen molar-refractivity contribution in [1.29, 1.82) is 0 Å². The smallest absolute Gasteiger partial charge is 0.406 e. The summed E-state index contributed by atoms with van der Waals surface area (Å²) in [5, 5.41) is 0. The molecule has 1 unspecified atom stereocenters. The van der Waals surface area contributed by atoms with Gasteiger partial charge >= 0.3 is 6.36 Å². The van der Waals surface area contributed by atoms with Crippen LogP contribution in [0.25, 0.3) is 0 Å². The molecule has 1 amide bonds. The van der Waals surface area contributed by atoms with Crippen LogP contribution in [0.5, 0.6) is 5.75 Å². The van der Waals surface area contributed by atoms with Gasteiger partial charge in [0.25, 0.3) is 0 Å². The summed E-state index contributed by atoms with van der Waals surface area (Å²) in [5.41, 5.74) is 6.25. The lowest BCUT2D eigenvalue weighted by atomic mass is 10.1. The van der Waals surface area contributed by atoms with Crippen LogP contribution in [0, 0.1) is 0 Å². The normalized spacial score (nSPS) is 12.9. The molecule has 6 nitrogen and oxygen atoms in total. The van der Waals surface area contributed by atoms with Gasteiger partial charge in [0.2, 0.25) is 5.91 Å². The number of hydrogen-bond acceptors (Lipinski definition) is 5. The Labute approximate surface area is 150 Å². The van der Waals surface area contributed by atoms with Gasteiger partial charge in [-0.2, -0.15) is 0 Å². The monoisotopic (exact) mass is 404 g/mol. The Hall–Kier alpha value is -1.52.